The van der Waals surface area contributed by atoms with Gasteiger partial charge >= 0.3 is 6.18 Å². The lowest BCUT2D eigenvalue weighted by atomic mass is 10.1. The molecular formula is C23H22F3N5O3. The van der Waals surface area contributed by atoms with E-state index >= 15 is 0 Å². The number of aromatic nitrogens is 2. The smallest absolute Gasteiger partial charge is 0.386 e. The third-order valence-electron chi connectivity index (χ3n) is 5.08. The fourth-order valence-electron chi connectivity index (χ4n) is 3.41. The van der Waals surface area contributed by atoms with Gasteiger partial charge in [0.25, 0.3) is 5.91 Å². The summed E-state index contributed by atoms with van der Waals surface area (Å²) in [6.45, 7) is 1.47. The first-order valence-corrected chi connectivity index (χ1v) is 10.5. The zero-order valence-electron chi connectivity index (χ0n) is 18.0. The number of nitrogens with zero attached hydrogens (tertiary/aromatic N) is 4. The molecule has 1 aliphatic heterocycles. The Kier molecular flexibility index (Phi) is 7.12. The molecule has 0 saturated carbocycles. The van der Waals surface area contributed by atoms with Gasteiger partial charge in [0, 0.05) is 25.5 Å². The van der Waals surface area contributed by atoms with Gasteiger partial charge in [-0.15, -0.1) is 0 Å². The number of hydrogen-bond donors (Lipinski definition) is 1. The molecule has 1 aromatic heterocycles. The van der Waals surface area contributed by atoms with Gasteiger partial charge in [0.15, 0.2) is 6.61 Å². The molecule has 0 atom stereocenters. The minimum absolute atomic E-state index is 0.0588. The summed E-state index contributed by atoms with van der Waals surface area (Å²) in [6.07, 6.45) is 0.400. The molecule has 178 valence electrons. The molecule has 0 bridgehead atoms. The van der Waals surface area contributed by atoms with E-state index in [4.69, 9.17) is 9.57 Å². The number of morpholine rings is 1. The van der Waals surface area contributed by atoms with Crippen molar-refractivity contribution in [1.82, 2.24) is 9.78 Å². The highest BCUT2D eigenvalue weighted by atomic mass is 19.4. The van der Waals surface area contributed by atoms with Crippen molar-refractivity contribution in [2.45, 2.75) is 6.18 Å². The van der Waals surface area contributed by atoms with Crippen molar-refractivity contribution >= 4 is 23.5 Å². The number of amides is 1. The van der Waals surface area contributed by atoms with Gasteiger partial charge in [0.05, 0.1) is 42.1 Å². The van der Waals surface area contributed by atoms with Crippen molar-refractivity contribution in [1.29, 1.82) is 0 Å². The van der Waals surface area contributed by atoms with Crippen LogP contribution in [0.4, 0.5) is 24.5 Å². The number of benzene rings is 2. The number of oxime groups is 1. The highest BCUT2D eigenvalue weighted by Gasteiger charge is 2.32. The largest absolute Gasteiger partial charge is 0.416 e. The van der Waals surface area contributed by atoms with E-state index in [0.29, 0.717) is 32.0 Å². The van der Waals surface area contributed by atoms with E-state index in [-0.39, 0.29) is 5.69 Å². The highest BCUT2D eigenvalue weighted by molar-refractivity contribution is 5.95. The molecule has 34 heavy (non-hydrogen) atoms. The normalized spacial score (nSPS) is 14.4. The monoisotopic (exact) mass is 473 g/mol. The van der Waals surface area contributed by atoms with E-state index in [2.05, 4.69) is 15.6 Å². The minimum atomic E-state index is -4.53. The highest BCUT2D eigenvalue weighted by Crippen LogP contribution is 2.35. The van der Waals surface area contributed by atoms with Crippen molar-refractivity contribution in [2.24, 2.45) is 5.16 Å². The van der Waals surface area contributed by atoms with Gasteiger partial charge in [0.1, 0.15) is 0 Å². The molecular weight excluding hydrogens is 451 g/mol. The summed E-state index contributed by atoms with van der Waals surface area (Å²) >= 11 is 0. The van der Waals surface area contributed by atoms with E-state index in [1.807, 2.05) is 29.3 Å². The Hall–Kier alpha value is -3.86. The van der Waals surface area contributed by atoms with Crippen LogP contribution in [0.15, 0.2) is 66.1 Å². The third kappa shape index (κ3) is 5.93. The van der Waals surface area contributed by atoms with Crippen LogP contribution in [0.1, 0.15) is 11.1 Å². The second-order valence-electron chi connectivity index (χ2n) is 7.43. The summed E-state index contributed by atoms with van der Waals surface area (Å²) < 4.78 is 46.6. The lowest BCUT2D eigenvalue weighted by Gasteiger charge is -2.31. The van der Waals surface area contributed by atoms with Crippen LogP contribution in [-0.4, -0.2) is 54.8 Å². The molecule has 1 saturated heterocycles. The summed E-state index contributed by atoms with van der Waals surface area (Å²) in [7, 11) is 0. The molecule has 0 radical (unpaired) electrons. The molecule has 2 aromatic carbocycles. The van der Waals surface area contributed by atoms with Gasteiger partial charge in [0.2, 0.25) is 0 Å². The Labute approximate surface area is 193 Å². The molecule has 1 amide bonds. The van der Waals surface area contributed by atoms with Crippen molar-refractivity contribution in [3.63, 3.8) is 0 Å². The Bertz CT molecular complexity index is 1130. The molecule has 3 aromatic rings. The average molecular weight is 473 g/mol. The van der Waals surface area contributed by atoms with Crippen LogP contribution in [-0.2, 0) is 20.5 Å². The van der Waals surface area contributed by atoms with Crippen LogP contribution in [0.25, 0.3) is 5.69 Å². The SMILES string of the molecule is O=C(CON=Cc1ccc(-n2cccn2)cc1)Nc1cc(C(F)(F)F)ccc1N1CCOCC1. The topological polar surface area (TPSA) is 81.0 Å². The predicted octanol–water partition coefficient (Wildman–Crippen LogP) is 3.72. The fraction of sp³-hybridized carbons (Fsp3) is 0.261. The molecule has 4 rings (SSSR count). The molecule has 1 aliphatic rings. The molecule has 0 unspecified atom stereocenters. The second-order valence-corrected chi connectivity index (χ2v) is 7.43. The maximum Gasteiger partial charge on any atom is 0.416 e. The van der Waals surface area contributed by atoms with E-state index in [1.54, 1.807) is 23.0 Å². The number of halogens is 3. The van der Waals surface area contributed by atoms with Crippen LogP contribution >= 0.6 is 0 Å². The Morgan fingerprint density at radius 2 is 1.94 bits per heavy atom. The van der Waals surface area contributed by atoms with Gasteiger partial charge in [-0.05, 0) is 42.0 Å². The predicted molar refractivity (Wildman–Crippen MR) is 120 cm³/mol. The lowest BCUT2D eigenvalue weighted by molar-refractivity contribution is -0.137. The van der Waals surface area contributed by atoms with E-state index in [9.17, 15) is 18.0 Å². The van der Waals surface area contributed by atoms with E-state index in [1.165, 1.54) is 12.3 Å². The average Bonchev–Trinajstić information content (AvgIpc) is 3.37. The van der Waals surface area contributed by atoms with Gasteiger partial charge < -0.3 is 19.8 Å². The Morgan fingerprint density at radius 1 is 1.18 bits per heavy atom. The van der Waals surface area contributed by atoms with Crippen molar-refractivity contribution in [3.05, 3.63) is 72.1 Å². The lowest BCUT2D eigenvalue weighted by Crippen LogP contribution is -2.37. The van der Waals surface area contributed by atoms with Crippen molar-refractivity contribution in [2.75, 3.05) is 43.1 Å². The number of carbonyl (C=O) groups is 1. The number of carbonyl (C=O) groups excluding carboxylic acids is 1. The van der Waals surface area contributed by atoms with E-state index < -0.39 is 24.3 Å². The summed E-state index contributed by atoms with van der Waals surface area (Å²) in [5.41, 5.74) is 1.31. The van der Waals surface area contributed by atoms with Crippen LogP contribution in [0, 0.1) is 0 Å². The number of anilines is 2. The van der Waals surface area contributed by atoms with Gasteiger partial charge in [-0.3, -0.25) is 4.79 Å². The number of ether oxygens (including phenoxy) is 1. The molecule has 0 aliphatic carbocycles. The zero-order chi connectivity index (χ0) is 24.0. The zero-order valence-corrected chi connectivity index (χ0v) is 18.0. The molecule has 2 heterocycles. The van der Waals surface area contributed by atoms with Crippen molar-refractivity contribution in [3.8, 4) is 5.69 Å². The van der Waals surface area contributed by atoms with Crippen molar-refractivity contribution < 1.29 is 27.5 Å². The maximum absolute atomic E-state index is 13.2. The van der Waals surface area contributed by atoms with Gasteiger partial charge in [-0.2, -0.15) is 18.3 Å². The van der Waals surface area contributed by atoms with E-state index in [0.717, 1.165) is 23.4 Å². The number of alkyl halides is 3. The van der Waals surface area contributed by atoms with Crippen LogP contribution in [0.3, 0.4) is 0 Å². The second kappa shape index (κ2) is 10.4. The summed E-state index contributed by atoms with van der Waals surface area (Å²) in [5.74, 6) is -0.625. The standard InChI is InChI=1S/C23H22F3N5O3/c24-23(25,26)18-4-7-21(30-10-12-33-13-11-30)20(14-18)29-22(32)16-34-28-15-17-2-5-19(6-3-17)31-9-1-8-27-31/h1-9,14-15H,10-13,16H2,(H,29,32). The maximum atomic E-state index is 13.2. The summed E-state index contributed by atoms with van der Waals surface area (Å²) in [5, 5.41) is 10.4. The first kappa shape index (κ1) is 23.3. The summed E-state index contributed by atoms with van der Waals surface area (Å²) in [4.78, 5) is 19.3. The Morgan fingerprint density at radius 3 is 2.62 bits per heavy atom. The molecule has 0 spiro atoms. The number of hydrogen-bond acceptors (Lipinski definition) is 6. The molecule has 1 fully saturated rings. The number of rotatable bonds is 7. The Balaban J connectivity index is 1.37. The summed E-state index contributed by atoms with van der Waals surface area (Å²) in [6, 6.07) is 12.4. The van der Waals surface area contributed by atoms with Gasteiger partial charge in [-0.1, -0.05) is 17.3 Å². The molecule has 11 heteroatoms. The third-order valence-corrected chi connectivity index (χ3v) is 5.08. The van der Waals surface area contributed by atoms with Crippen LogP contribution in [0.2, 0.25) is 0 Å². The van der Waals surface area contributed by atoms with Crippen LogP contribution < -0.4 is 10.2 Å². The number of nitrogens with one attached hydrogen (secondary N) is 1. The first-order valence-electron chi connectivity index (χ1n) is 10.5. The molecule has 1 N–H and O–H groups in total. The quantitative estimate of drug-likeness (QED) is 0.418. The van der Waals surface area contributed by atoms with Crippen LogP contribution in [0.5, 0.6) is 0 Å². The van der Waals surface area contributed by atoms with Gasteiger partial charge in [-0.25, -0.2) is 4.68 Å². The first-order chi connectivity index (χ1) is 16.4. The molecule has 8 nitrogen and oxygen atoms in total. The minimum Gasteiger partial charge on any atom is -0.386 e. The fourth-order valence-corrected chi connectivity index (χ4v) is 3.41.